The van der Waals surface area contributed by atoms with Crippen molar-refractivity contribution in [1.29, 1.82) is 0 Å². The Morgan fingerprint density at radius 1 is 1.35 bits per heavy atom. The van der Waals surface area contributed by atoms with E-state index in [0.717, 1.165) is 33.8 Å². The van der Waals surface area contributed by atoms with Crippen molar-refractivity contribution >= 4 is 15.9 Å². The van der Waals surface area contributed by atoms with Crippen molar-refractivity contribution in [2.75, 3.05) is 6.61 Å². The molecule has 1 aliphatic rings. The quantitative estimate of drug-likeness (QED) is 0.829. The molecule has 3 rings (SSSR count). The van der Waals surface area contributed by atoms with Gasteiger partial charge in [0.1, 0.15) is 5.75 Å². The molecule has 0 atom stereocenters. The molecular weight excluding hydrogens is 337 g/mol. The van der Waals surface area contributed by atoms with Crippen molar-refractivity contribution in [3.8, 4) is 5.75 Å². The van der Waals surface area contributed by atoms with Gasteiger partial charge in [0.2, 0.25) is 0 Å². The molecule has 0 N–H and O–H groups in total. The zero-order valence-corrected chi connectivity index (χ0v) is 11.8. The fourth-order valence-corrected chi connectivity index (χ4v) is 2.79. The highest BCUT2D eigenvalue weighted by Gasteiger charge is 2.33. The number of aromatic nitrogens is 2. The molecule has 0 saturated heterocycles. The maximum Gasteiger partial charge on any atom is 0.435 e. The molecule has 0 aliphatic carbocycles. The lowest BCUT2D eigenvalue weighted by molar-refractivity contribution is -0.141. The Morgan fingerprint density at radius 2 is 2.15 bits per heavy atom. The highest BCUT2D eigenvalue weighted by molar-refractivity contribution is 9.10. The van der Waals surface area contributed by atoms with Crippen molar-refractivity contribution in [1.82, 2.24) is 9.78 Å². The van der Waals surface area contributed by atoms with E-state index in [-0.39, 0.29) is 6.54 Å². The van der Waals surface area contributed by atoms with E-state index in [0.29, 0.717) is 6.61 Å². The van der Waals surface area contributed by atoms with Crippen LogP contribution in [-0.2, 0) is 19.1 Å². The van der Waals surface area contributed by atoms with Gasteiger partial charge in [0.15, 0.2) is 5.69 Å². The molecule has 0 fully saturated rings. The van der Waals surface area contributed by atoms with Gasteiger partial charge in [-0.05, 0) is 23.8 Å². The Morgan fingerprint density at radius 3 is 2.85 bits per heavy atom. The van der Waals surface area contributed by atoms with E-state index in [1.807, 2.05) is 12.1 Å². The number of nitrogens with zero attached hydrogens (tertiary/aromatic N) is 2. The molecule has 0 saturated carbocycles. The molecule has 1 aromatic heterocycles. The van der Waals surface area contributed by atoms with Crippen LogP contribution in [0.1, 0.15) is 16.8 Å². The molecule has 20 heavy (non-hydrogen) atoms. The second kappa shape index (κ2) is 4.80. The van der Waals surface area contributed by atoms with Crippen LogP contribution in [0, 0.1) is 0 Å². The molecule has 0 radical (unpaired) electrons. The van der Waals surface area contributed by atoms with Crippen molar-refractivity contribution in [2.24, 2.45) is 0 Å². The lowest BCUT2D eigenvalue weighted by Crippen LogP contribution is -2.09. The number of fused-ring (bicyclic) bond motifs is 1. The summed E-state index contributed by atoms with van der Waals surface area (Å²) in [6, 6.07) is 4.79. The number of ether oxygens (including phenoxy) is 1. The van der Waals surface area contributed by atoms with Crippen LogP contribution >= 0.6 is 15.9 Å². The van der Waals surface area contributed by atoms with Crippen LogP contribution in [0.15, 0.2) is 28.9 Å². The molecule has 0 unspecified atom stereocenters. The predicted molar refractivity (Wildman–Crippen MR) is 69.7 cm³/mol. The van der Waals surface area contributed by atoms with E-state index >= 15 is 0 Å². The lowest BCUT2D eigenvalue weighted by atomic mass is 10.1. The smallest absolute Gasteiger partial charge is 0.435 e. The summed E-state index contributed by atoms with van der Waals surface area (Å²) in [5, 5.41) is 3.55. The van der Waals surface area contributed by atoms with Gasteiger partial charge in [0.05, 0.1) is 13.2 Å². The molecule has 1 aliphatic heterocycles. The van der Waals surface area contributed by atoms with E-state index < -0.39 is 11.9 Å². The molecule has 0 amide bonds. The average molecular weight is 347 g/mol. The first-order valence-electron chi connectivity index (χ1n) is 5.98. The van der Waals surface area contributed by atoms with E-state index in [2.05, 4.69) is 21.0 Å². The molecule has 7 heteroatoms. The number of hydrogen-bond donors (Lipinski definition) is 0. The largest absolute Gasteiger partial charge is 0.493 e. The van der Waals surface area contributed by atoms with Crippen LogP contribution in [0.3, 0.4) is 0 Å². The Labute approximate surface area is 121 Å². The third-order valence-corrected chi connectivity index (χ3v) is 3.55. The van der Waals surface area contributed by atoms with Crippen molar-refractivity contribution < 1.29 is 17.9 Å². The first-order chi connectivity index (χ1) is 9.43. The van der Waals surface area contributed by atoms with Crippen molar-refractivity contribution in [3.63, 3.8) is 0 Å². The van der Waals surface area contributed by atoms with Gasteiger partial charge >= 0.3 is 6.18 Å². The van der Waals surface area contributed by atoms with E-state index in [1.165, 1.54) is 10.9 Å². The molecule has 2 heterocycles. The molecular formula is C13H10BrF3N2O. The summed E-state index contributed by atoms with van der Waals surface area (Å²) in [4.78, 5) is 0. The standard InChI is InChI=1S/C13H10BrF3N2O/c14-10-5-8-2-4-20-12(8)9(6-10)7-19-3-1-11(18-19)13(15,16)17/h1,3,5-6H,2,4,7H2. The van der Waals surface area contributed by atoms with Gasteiger partial charge in [-0.25, -0.2) is 0 Å². The number of benzene rings is 1. The number of alkyl halides is 3. The SMILES string of the molecule is FC(F)(F)c1ccn(Cc2cc(Br)cc3c2OCC3)n1. The molecule has 106 valence electrons. The van der Waals surface area contributed by atoms with Crippen molar-refractivity contribution in [2.45, 2.75) is 19.1 Å². The second-order valence-electron chi connectivity index (χ2n) is 4.55. The maximum absolute atomic E-state index is 12.5. The van der Waals surface area contributed by atoms with Crippen LogP contribution in [0.5, 0.6) is 5.75 Å². The fraction of sp³-hybridized carbons (Fsp3) is 0.308. The van der Waals surface area contributed by atoms with Crippen LogP contribution in [0.25, 0.3) is 0 Å². The minimum atomic E-state index is -4.42. The highest BCUT2D eigenvalue weighted by Crippen LogP contribution is 2.34. The average Bonchev–Trinajstić information content (AvgIpc) is 2.95. The Hall–Kier alpha value is -1.50. The Kier molecular flexibility index (Phi) is 3.24. The van der Waals surface area contributed by atoms with Gasteiger partial charge < -0.3 is 4.74 Å². The van der Waals surface area contributed by atoms with Crippen LogP contribution in [0.4, 0.5) is 13.2 Å². The Bertz CT molecular complexity index is 652. The molecule has 0 bridgehead atoms. The summed E-state index contributed by atoms with van der Waals surface area (Å²) in [5.41, 5.74) is 1.01. The number of rotatable bonds is 2. The maximum atomic E-state index is 12.5. The monoisotopic (exact) mass is 346 g/mol. The summed E-state index contributed by atoms with van der Waals surface area (Å²) < 4.78 is 45.3. The van der Waals surface area contributed by atoms with E-state index in [9.17, 15) is 13.2 Å². The van der Waals surface area contributed by atoms with Gasteiger partial charge in [-0.2, -0.15) is 18.3 Å². The minimum Gasteiger partial charge on any atom is -0.493 e. The van der Waals surface area contributed by atoms with Gasteiger partial charge in [0, 0.05) is 22.7 Å². The first kappa shape index (κ1) is 13.5. The van der Waals surface area contributed by atoms with Crippen LogP contribution in [-0.4, -0.2) is 16.4 Å². The summed E-state index contributed by atoms with van der Waals surface area (Å²) >= 11 is 3.40. The second-order valence-corrected chi connectivity index (χ2v) is 5.46. The molecule has 1 aromatic carbocycles. The van der Waals surface area contributed by atoms with Gasteiger partial charge in [-0.1, -0.05) is 15.9 Å². The summed E-state index contributed by atoms with van der Waals surface area (Å²) in [7, 11) is 0. The third kappa shape index (κ3) is 2.54. The zero-order chi connectivity index (χ0) is 14.3. The van der Waals surface area contributed by atoms with Crippen molar-refractivity contribution in [3.05, 3.63) is 45.7 Å². The highest BCUT2D eigenvalue weighted by atomic mass is 79.9. The molecule has 0 spiro atoms. The van der Waals surface area contributed by atoms with E-state index in [4.69, 9.17) is 4.74 Å². The van der Waals surface area contributed by atoms with Gasteiger partial charge in [-0.3, -0.25) is 4.68 Å². The normalized spacial score (nSPS) is 14.2. The summed E-state index contributed by atoms with van der Waals surface area (Å²) in [6.07, 6.45) is -2.28. The summed E-state index contributed by atoms with van der Waals surface area (Å²) in [5.74, 6) is 0.761. The summed E-state index contributed by atoms with van der Waals surface area (Å²) in [6.45, 7) is 0.851. The van der Waals surface area contributed by atoms with Crippen LogP contribution < -0.4 is 4.74 Å². The number of halogens is 4. The molecule has 2 aromatic rings. The zero-order valence-electron chi connectivity index (χ0n) is 10.2. The van der Waals surface area contributed by atoms with Gasteiger partial charge in [0.25, 0.3) is 0 Å². The fourth-order valence-electron chi connectivity index (χ4n) is 2.24. The first-order valence-corrected chi connectivity index (χ1v) is 6.77. The van der Waals surface area contributed by atoms with Crippen LogP contribution in [0.2, 0.25) is 0 Å². The number of hydrogen-bond acceptors (Lipinski definition) is 2. The van der Waals surface area contributed by atoms with E-state index in [1.54, 1.807) is 0 Å². The topological polar surface area (TPSA) is 27.1 Å². The minimum absolute atomic E-state index is 0.248. The molecule has 3 nitrogen and oxygen atoms in total. The lowest BCUT2D eigenvalue weighted by Gasteiger charge is -2.09. The third-order valence-electron chi connectivity index (χ3n) is 3.09. The Balaban J connectivity index is 1.90. The predicted octanol–water partition coefficient (Wildman–Crippen LogP) is 3.65. The van der Waals surface area contributed by atoms with Gasteiger partial charge in [-0.15, -0.1) is 0 Å².